The van der Waals surface area contributed by atoms with Crippen LogP contribution >= 0.6 is 0 Å². The van der Waals surface area contributed by atoms with Gasteiger partial charge in [0.05, 0.1) is 26.4 Å². The Morgan fingerprint density at radius 1 is 1.41 bits per heavy atom. The second-order valence-corrected chi connectivity index (χ2v) is 4.43. The third kappa shape index (κ3) is 9.10. The zero-order valence-electron chi connectivity index (χ0n) is 11.1. The Bertz CT molecular complexity index is 230. The predicted molar refractivity (Wildman–Crippen MR) is 70.9 cm³/mol. The zero-order valence-corrected chi connectivity index (χ0v) is 11.1. The molecule has 3 heteroatoms. The summed E-state index contributed by atoms with van der Waals surface area (Å²) in [5, 5.41) is 16.2. The lowest BCUT2D eigenvalue weighted by Crippen LogP contribution is -2.04. The molecule has 17 heavy (non-hydrogen) atoms. The standard InChI is InChI=1S/C10H16.C4H10O3/c1-8(2)10-6-4-9(3)5-7-10;5-1-3-7-4-2-6/h4,10H,1,5-7H2,2-3H3;5-6H,1-4H2. The highest BCUT2D eigenvalue weighted by atomic mass is 16.5. The normalized spacial score (nSPS) is 19.1. The third-order valence-corrected chi connectivity index (χ3v) is 2.81. The van der Waals surface area contributed by atoms with E-state index in [-0.39, 0.29) is 13.2 Å². The number of hydrogen-bond donors (Lipinski definition) is 2. The van der Waals surface area contributed by atoms with E-state index >= 15 is 0 Å². The largest absolute Gasteiger partial charge is 0.394 e. The minimum Gasteiger partial charge on any atom is -0.394 e. The van der Waals surface area contributed by atoms with E-state index in [9.17, 15) is 0 Å². The average Bonchev–Trinajstić information content (AvgIpc) is 2.31. The molecule has 0 aromatic rings. The van der Waals surface area contributed by atoms with Gasteiger partial charge >= 0.3 is 0 Å². The van der Waals surface area contributed by atoms with Crippen molar-refractivity contribution < 1.29 is 14.9 Å². The van der Waals surface area contributed by atoms with Gasteiger partial charge in [-0.1, -0.05) is 23.8 Å². The lowest BCUT2D eigenvalue weighted by Gasteiger charge is -2.19. The summed E-state index contributed by atoms with van der Waals surface area (Å²) in [6.45, 7) is 9.03. The molecule has 0 aliphatic heterocycles. The van der Waals surface area contributed by atoms with Crippen LogP contribution in [-0.4, -0.2) is 36.6 Å². The topological polar surface area (TPSA) is 49.7 Å². The molecule has 0 bridgehead atoms. The van der Waals surface area contributed by atoms with Gasteiger partial charge in [-0.15, -0.1) is 0 Å². The molecule has 0 aromatic heterocycles. The molecule has 1 aliphatic rings. The first-order chi connectivity index (χ1) is 8.11. The molecule has 0 fully saturated rings. The van der Waals surface area contributed by atoms with Crippen LogP contribution in [0.3, 0.4) is 0 Å². The monoisotopic (exact) mass is 242 g/mol. The van der Waals surface area contributed by atoms with Crippen LogP contribution in [-0.2, 0) is 4.74 Å². The Balaban J connectivity index is 0.000000325. The van der Waals surface area contributed by atoms with Gasteiger partial charge in [0, 0.05) is 0 Å². The summed E-state index contributed by atoms with van der Waals surface area (Å²) in [6.07, 6.45) is 6.17. The van der Waals surface area contributed by atoms with Crippen LogP contribution in [0.1, 0.15) is 33.1 Å². The van der Waals surface area contributed by atoms with Gasteiger partial charge in [0.15, 0.2) is 0 Å². The summed E-state index contributed by atoms with van der Waals surface area (Å²) in [6, 6.07) is 0. The quantitative estimate of drug-likeness (QED) is 0.574. The molecular formula is C14H26O3. The van der Waals surface area contributed by atoms with Crippen molar-refractivity contribution >= 4 is 0 Å². The first-order valence-corrected chi connectivity index (χ1v) is 6.22. The Morgan fingerprint density at radius 3 is 2.35 bits per heavy atom. The van der Waals surface area contributed by atoms with Crippen LogP contribution in [0, 0.1) is 5.92 Å². The van der Waals surface area contributed by atoms with Crippen LogP contribution in [0.2, 0.25) is 0 Å². The molecule has 0 heterocycles. The molecule has 3 nitrogen and oxygen atoms in total. The maximum Gasteiger partial charge on any atom is 0.0698 e. The van der Waals surface area contributed by atoms with Crippen LogP contribution < -0.4 is 0 Å². The highest BCUT2D eigenvalue weighted by Gasteiger charge is 2.11. The molecule has 0 saturated carbocycles. The third-order valence-electron chi connectivity index (χ3n) is 2.81. The summed E-state index contributed by atoms with van der Waals surface area (Å²) in [7, 11) is 0. The van der Waals surface area contributed by atoms with E-state index in [2.05, 4.69) is 31.2 Å². The second kappa shape index (κ2) is 10.5. The van der Waals surface area contributed by atoms with E-state index in [1.165, 1.54) is 24.8 Å². The Kier molecular flexibility index (Phi) is 10.1. The van der Waals surface area contributed by atoms with Crippen molar-refractivity contribution in [2.75, 3.05) is 26.4 Å². The minimum absolute atomic E-state index is 0.0278. The van der Waals surface area contributed by atoms with Gasteiger partial charge in [0.2, 0.25) is 0 Å². The smallest absolute Gasteiger partial charge is 0.0698 e. The van der Waals surface area contributed by atoms with E-state index in [0.717, 1.165) is 5.92 Å². The fourth-order valence-electron chi connectivity index (χ4n) is 1.64. The van der Waals surface area contributed by atoms with Gasteiger partial charge in [-0.05, 0) is 39.0 Å². The lowest BCUT2D eigenvalue weighted by atomic mass is 9.86. The Labute approximate surface area is 105 Å². The SMILES string of the molecule is C=C(C)C1CC=C(C)CC1.OCCOCCO. The van der Waals surface area contributed by atoms with E-state index in [4.69, 9.17) is 10.2 Å². The van der Waals surface area contributed by atoms with E-state index in [1.807, 2.05) is 0 Å². The van der Waals surface area contributed by atoms with Gasteiger partial charge in [-0.2, -0.15) is 0 Å². The van der Waals surface area contributed by atoms with Gasteiger partial charge in [-0.25, -0.2) is 0 Å². The maximum absolute atomic E-state index is 8.09. The number of allylic oxidation sites excluding steroid dienone is 3. The molecule has 0 radical (unpaired) electrons. The molecule has 1 unspecified atom stereocenters. The minimum atomic E-state index is 0.0278. The summed E-state index contributed by atoms with van der Waals surface area (Å²) in [5.41, 5.74) is 2.90. The van der Waals surface area contributed by atoms with Crippen molar-refractivity contribution in [2.24, 2.45) is 5.92 Å². The van der Waals surface area contributed by atoms with Crippen molar-refractivity contribution in [3.8, 4) is 0 Å². The molecule has 2 N–H and O–H groups in total. The molecule has 1 atom stereocenters. The van der Waals surface area contributed by atoms with Gasteiger partial charge in [0.1, 0.15) is 0 Å². The first kappa shape index (κ1) is 16.4. The Morgan fingerprint density at radius 2 is 2.00 bits per heavy atom. The van der Waals surface area contributed by atoms with E-state index < -0.39 is 0 Å². The Hall–Kier alpha value is -0.640. The van der Waals surface area contributed by atoms with Crippen molar-refractivity contribution in [3.63, 3.8) is 0 Å². The number of aliphatic hydroxyl groups is 2. The van der Waals surface area contributed by atoms with Crippen molar-refractivity contribution in [2.45, 2.75) is 33.1 Å². The number of rotatable bonds is 5. The predicted octanol–water partition coefficient (Wildman–Crippen LogP) is 2.30. The zero-order chi connectivity index (χ0) is 13.1. The summed E-state index contributed by atoms with van der Waals surface area (Å²) in [5.74, 6) is 0.767. The highest BCUT2D eigenvalue weighted by Crippen LogP contribution is 2.27. The van der Waals surface area contributed by atoms with Gasteiger partial charge < -0.3 is 14.9 Å². The highest BCUT2D eigenvalue weighted by molar-refractivity contribution is 5.09. The molecule has 100 valence electrons. The lowest BCUT2D eigenvalue weighted by molar-refractivity contribution is 0.0650. The van der Waals surface area contributed by atoms with Crippen molar-refractivity contribution in [1.82, 2.24) is 0 Å². The molecule has 1 rings (SSSR count). The van der Waals surface area contributed by atoms with Crippen LogP contribution in [0.25, 0.3) is 0 Å². The molecule has 0 aromatic carbocycles. The fraction of sp³-hybridized carbons (Fsp3) is 0.714. The number of aliphatic hydroxyl groups excluding tert-OH is 2. The van der Waals surface area contributed by atoms with Crippen molar-refractivity contribution in [3.05, 3.63) is 23.8 Å². The van der Waals surface area contributed by atoms with Gasteiger partial charge in [-0.3, -0.25) is 0 Å². The summed E-state index contributed by atoms with van der Waals surface area (Å²) < 4.78 is 4.63. The molecule has 0 amide bonds. The summed E-state index contributed by atoms with van der Waals surface area (Å²) >= 11 is 0. The summed E-state index contributed by atoms with van der Waals surface area (Å²) in [4.78, 5) is 0. The average molecular weight is 242 g/mol. The fourth-order valence-corrected chi connectivity index (χ4v) is 1.64. The molecular weight excluding hydrogens is 216 g/mol. The molecule has 0 spiro atoms. The van der Waals surface area contributed by atoms with E-state index in [1.54, 1.807) is 5.57 Å². The van der Waals surface area contributed by atoms with Crippen LogP contribution in [0.5, 0.6) is 0 Å². The van der Waals surface area contributed by atoms with Gasteiger partial charge in [0.25, 0.3) is 0 Å². The van der Waals surface area contributed by atoms with Crippen LogP contribution in [0.15, 0.2) is 23.8 Å². The van der Waals surface area contributed by atoms with E-state index in [0.29, 0.717) is 13.2 Å². The number of ether oxygens (including phenoxy) is 1. The first-order valence-electron chi connectivity index (χ1n) is 6.22. The second-order valence-electron chi connectivity index (χ2n) is 4.43. The molecule has 1 aliphatic carbocycles. The molecule has 0 saturated heterocycles. The number of hydrogen-bond acceptors (Lipinski definition) is 3. The maximum atomic E-state index is 8.09. The van der Waals surface area contributed by atoms with Crippen LogP contribution in [0.4, 0.5) is 0 Å². The van der Waals surface area contributed by atoms with Crippen molar-refractivity contribution in [1.29, 1.82) is 0 Å².